The van der Waals surface area contributed by atoms with Crippen molar-refractivity contribution in [3.63, 3.8) is 0 Å². The molecule has 1 aliphatic rings. The number of carbonyl (C=O) groups is 1. The highest BCUT2D eigenvalue weighted by atomic mass is 16.3. The highest BCUT2D eigenvalue weighted by Gasteiger charge is 2.30. The summed E-state index contributed by atoms with van der Waals surface area (Å²) in [6.45, 7) is 6.85. The molecule has 1 unspecified atom stereocenters. The highest BCUT2D eigenvalue weighted by molar-refractivity contribution is 5.80. The van der Waals surface area contributed by atoms with Crippen molar-refractivity contribution in [3.05, 3.63) is 36.1 Å². The average molecular weight is 314 g/mol. The van der Waals surface area contributed by atoms with E-state index in [9.17, 15) is 4.79 Å². The number of para-hydroxylation sites is 1. The molecule has 1 atom stereocenters. The molecule has 23 heavy (non-hydrogen) atoms. The van der Waals surface area contributed by atoms with E-state index in [1.54, 1.807) is 0 Å². The van der Waals surface area contributed by atoms with E-state index in [4.69, 9.17) is 4.42 Å². The maximum atomic E-state index is 13.0. The number of amides is 1. The van der Waals surface area contributed by atoms with Crippen molar-refractivity contribution in [1.29, 1.82) is 0 Å². The first-order chi connectivity index (χ1) is 11.2. The number of nitrogens with one attached hydrogen (secondary N) is 1. The molecule has 1 amide bonds. The largest absolute Gasteiger partial charge is 0.459 e. The number of hydrogen-bond acceptors (Lipinski definition) is 3. The molecule has 2 aromatic rings. The smallest absolute Gasteiger partial charge is 0.226 e. The van der Waals surface area contributed by atoms with Crippen molar-refractivity contribution in [2.45, 2.75) is 39.2 Å². The molecule has 4 heteroatoms. The van der Waals surface area contributed by atoms with E-state index in [0.717, 1.165) is 55.6 Å². The summed E-state index contributed by atoms with van der Waals surface area (Å²) < 4.78 is 5.99. The van der Waals surface area contributed by atoms with Crippen LogP contribution >= 0.6 is 0 Å². The van der Waals surface area contributed by atoms with Gasteiger partial charge in [-0.2, -0.15) is 0 Å². The number of fused-ring (bicyclic) bond motifs is 1. The zero-order chi connectivity index (χ0) is 16.2. The van der Waals surface area contributed by atoms with Gasteiger partial charge >= 0.3 is 0 Å². The summed E-state index contributed by atoms with van der Waals surface area (Å²) >= 11 is 0. The first-order valence-electron chi connectivity index (χ1n) is 8.70. The topological polar surface area (TPSA) is 45.5 Å². The van der Waals surface area contributed by atoms with Gasteiger partial charge in [0.15, 0.2) is 0 Å². The van der Waals surface area contributed by atoms with E-state index in [1.807, 2.05) is 29.2 Å². The number of rotatable bonds is 5. The standard InChI is InChI=1S/C19H26N2O2/c1-3-12-21(19(22)15-8-10-20-11-9-15)14(2)18-13-16-6-4-5-7-17(16)23-18/h4-7,13-15,20H,3,8-12H2,1-2H3. The summed E-state index contributed by atoms with van der Waals surface area (Å²) in [4.78, 5) is 15.0. The minimum absolute atomic E-state index is 0.0234. The normalized spacial score (nSPS) is 17.3. The van der Waals surface area contributed by atoms with Gasteiger partial charge in [0.05, 0.1) is 6.04 Å². The molecule has 1 fully saturated rings. The van der Waals surface area contributed by atoms with Crippen LogP contribution in [-0.4, -0.2) is 30.4 Å². The van der Waals surface area contributed by atoms with Crippen LogP contribution in [0.3, 0.4) is 0 Å². The summed E-state index contributed by atoms with van der Waals surface area (Å²) in [6, 6.07) is 10.1. The summed E-state index contributed by atoms with van der Waals surface area (Å²) in [5.74, 6) is 1.30. The van der Waals surface area contributed by atoms with E-state index < -0.39 is 0 Å². The molecule has 0 aliphatic carbocycles. The quantitative estimate of drug-likeness (QED) is 0.914. The van der Waals surface area contributed by atoms with Crippen molar-refractivity contribution in [3.8, 4) is 0 Å². The fraction of sp³-hybridized carbons (Fsp3) is 0.526. The Morgan fingerprint density at radius 2 is 2.09 bits per heavy atom. The van der Waals surface area contributed by atoms with Crippen LogP contribution in [0, 0.1) is 5.92 Å². The Labute approximate surface area is 137 Å². The molecule has 2 heterocycles. The maximum absolute atomic E-state index is 13.0. The van der Waals surface area contributed by atoms with Gasteiger partial charge in [0.1, 0.15) is 11.3 Å². The molecular formula is C19H26N2O2. The summed E-state index contributed by atoms with van der Waals surface area (Å²) in [5.41, 5.74) is 0.889. The van der Waals surface area contributed by atoms with Crippen LogP contribution in [0.4, 0.5) is 0 Å². The first-order valence-corrected chi connectivity index (χ1v) is 8.70. The van der Waals surface area contributed by atoms with Gasteiger partial charge in [-0.15, -0.1) is 0 Å². The van der Waals surface area contributed by atoms with Crippen LogP contribution in [-0.2, 0) is 4.79 Å². The lowest BCUT2D eigenvalue weighted by Crippen LogP contribution is -2.42. The minimum Gasteiger partial charge on any atom is -0.459 e. The Kier molecular flexibility index (Phi) is 5.01. The lowest BCUT2D eigenvalue weighted by atomic mass is 9.95. The van der Waals surface area contributed by atoms with Gasteiger partial charge in [-0.25, -0.2) is 0 Å². The zero-order valence-corrected chi connectivity index (χ0v) is 14.0. The molecule has 0 radical (unpaired) electrons. The molecule has 0 spiro atoms. The van der Waals surface area contributed by atoms with Crippen molar-refractivity contribution in [1.82, 2.24) is 10.2 Å². The molecule has 1 saturated heterocycles. The summed E-state index contributed by atoms with van der Waals surface area (Å²) in [6.07, 6.45) is 2.83. The van der Waals surface area contributed by atoms with Gasteiger partial charge in [0, 0.05) is 17.8 Å². The molecule has 1 aromatic carbocycles. The molecule has 1 N–H and O–H groups in total. The predicted octanol–water partition coefficient (Wildman–Crippen LogP) is 3.73. The number of piperidine rings is 1. The van der Waals surface area contributed by atoms with Gasteiger partial charge in [-0.1, -0.05) is 25.1 Å². The lowest BCUT2D eigenvalue weighted by molar-refractivity contribution is -0.139. The molecule has 1 aromatic heterocycles. The second-order valence-electron chi connectivity index (χ2n) is 6.42. The summed E-state index contributed by atoms with van der Waals surface area (Å²) in [7, 11) is 0. The SMILES string of the molecule is CCCN(C(=O)C1CCNCC1)C(C)c1cc2ccccc2o1. The number of carbonyl (C=O) groups excluding carboxylic acids is 1. The Morgan fingerprint density at radius 1 is 1.35 bits per heavy atom. The third-order valence-corrected chi connectivity index (χ3v) is 4.76. The molecule has 1 aliphatic heterocycles. The molecule has 3 rings (SSSR count). The maximum Gasteiger partial charge on any atom is 0.226 e. The number of furan rings is 1. The van der Waals surface area contributed by atoms with Crippen molar-refractivity contribution >= 4 is 16.9 Å². The van der Waals surface area contributed by atoms with Crippen LogP contribution in [0.25, 0.3) is 11.0 Å². The third-order valence-electron chi connectivity index (χ3n) is 4.76. The van der Waals surface area contributed by atoms with Crippen molar-refractivity contribution < 1.29 is 9.21 Å². The van der Waals surface area contributed by atoms with Crippen LogP contribution < -0.4 is 5.32 Å². The molecular weight excluding hydrogens is 288 g/mol. The van der Waals surface area contributed by atoms with E-state index in [2.05, 4.69) is 25.2 Å². The van der Waals surface area contributed by atoms with E-state index in [-0.39, 0.29) is 17.9 Å². The second-order valence-corrected chi connectivity index (χ2v) is 6.42. The van der Waals surface area contributed by atoms with Crippen LogP contribution in [0.15, 0.2) is 34.7 Å². The van der Waals surface area contributed by atoms with E-state index >= 15 is 0 Å². The van der Waals surface area contributed by atoms with Crippen LogP contribution in [0.2, 0.25) is 0 Å². The molecule has 4 nitrogen and oxygen atoms in total. The fourth-order valence-corrected chi connectivity index (χ4v) is 3.40. The average Bonchev–Trinajstić information content (AvgIpc) is 3.03. The molecule has 124 valence electrons. The predicted molar refractivity (Wildman–Crippen MR) is 92.2 cm³/mol. The first kappa shape index (κ1) is 16.1. The van der Waals surface area contributed by atoms with Crippen molar-refractivity contribution in [2.24, 2.45) is 5.92 Å². The monoisotopic (exact) mass is 314 g/mol. The van der Waals surface area contributed by atoms with Crippen molar-refractivity contribution in [2.75, 3.05) is 19.6 Å². The third kappa shape index (κ3) is 3.42. The van der Waals surface area contributed by atoms with Crippen LogP contribution in [0.1, 0.15) is 44.9 Å². The van der Waals surface area contributed by atoms with E-state index in [1.165, 1.54) is 0 Å². The number of nitrogens with zero attached hydrogens (tertiary/aromatic N) is 1. The lowest BCUT2D eigenvalue weighted by Gasteiger charge is -2.33. The second kappa shape index (κ2) is 7.18. The Balaban J connectivity index is 1.82. The fourth-order valence-electron chi connectivity index (χ4n) is 3.40. The number of hydrogen-bond donors (Lipinski definition) is 1. The van der Waals surface area contributed by atoms with Gasteiger partial charge in [-0.05, 0) is 51.4 Å². The van der Waals surface area contributed by atoms with Gasteiger partial charge in [0.25, 0.3) is 0 Å². The highest BCUT2D eigenvalue weighted by Crippen LogP contribution is 2.29. The molecule has 0 saturated carbocycles. The van der Waals surface area contributed by atoms with Crippen LogP contribution in [0.5, 0.6) is 0 Å². The zero-order valence-electron chi connectivity index (χ0n) is 14.0. The Hall–Kier alpha value is -1.81. The number of benzene rings is 1. The van der Waals surface area contributed by atoms with Gasteiger partial charge in [0.2, 0.25) is 5.91 Å². The Morgan fingerprint density at radius 3 is 2.78 bits per heavy atom. The minimum atomic E-state index is -0.0234. The molecule has 0 bridgehead atoms. The summed E-state index contributed by atoms with van der Waals surface area (Å²) in [5, 5.41) is 4.43. The van der Waals surface area contributed by atoms with Gasteiger partial charge < -0.3 is 14.6 Å². The Bertz CT molecular complexity index is 625. The van der Waals surface area contributed by atoms with Gasteiger partial charge in [-0.3, -0.25) is 4.79 Å². The van der Waals surface area contributed by atoms with E-state index in [0.29, 0.717) is 0 Å².